The number of rotatable bonds is 0. The van der Waals surface area contributed by atoms with Crippen LogP contribution in [0.2, 0.25) is 0 Å². The first kappa shape index (κ1) is 9.43. The summed E-state index contributed by atoms with van der Waals surface area (Å²) in [5.74, 6) is -0.333. The third-order valence-electron chi connectivity index (χ3n) is 1.33. The first-order valence-electron chi connectivity index (χ1n) is 3.57. The first-order valence-corrected chi connectivity index (χ1v) is 3.57. The molecule has 1 rings (SSSR count). The van der Waals surface area contributed by atoms with Gasteiger partial charge in [-0.15, -0.1) is 0 Å². The van der Waals surface area contributed by atoms with Crippen LogP contribution >= 0.6 is 0 Å². The van der Waals surface area contributed by atoms with Crippen LogP contribution in [0.5, 0.6) is 0 Å². The molecule has 1 heterocycles. The average Bonchev–Trinajstić information content (AvgIpc) is 2.15. The number of primary amides is 1. The number of hydrogen-bond acceptors (Lipinski definition) is 2. The SMILES string of the molecule is CC(N)=O.CN1CCCC1.[HH]. The molecular formula is C7H18N2O. The molecular weight excluding hydrogens is 128 g/mol. The summed E-state index contributed by atoms with van der Waals surface area (Å²) in [4.78, 5) is 11.6. The summed E-state index contributed by atoms with van der Waals surface area (Å²) < 4.78 is 0. The van der Waals surface area contributed by atoms with Gasteiger partial charge in [-0.1, -0.05) is 0 Å². The van der Waals surface area contributed by atoms with E-state index in [-0.39, 0.29) is 7.33 Å². The highest BCUT2D eigenvalue weighted by Gasteiger charge is 2.03. The molecule has 0 atom stereocenters. The Balaban J connectivity index is 0. The minimum absolute atomic E-state index is 0. The van der Waals surface area contributed by atoms with E-state index >= 15 is 0 Å². The van der Waals surface area contributed by atoms with Crippen LogP contribution in [0, 0.1) is 0 Å². The summed E-state index contributed by atoms with van der Waals surface area (Å²) in [5, 5.41) is 0. The van der Waals surface area contributed by atoms with Gasteiger partial charge in [-0.05, 0) is 33.0 Å². The third kappa shape index (κ3) is 7.43. The standard InChI is InChI=1S/C5H11N.C2H5NO.H2/c1-6-4-2-3-5-6;1-2(3)4;/h2-5H2,1H3;1H3,(H2,3,4);1H. The fourth-order valence-corrected chi connectivity index (χ4v) is 0.875. The van der Waals surface area contributed by atoms with Crippen molar-refractivity contribution in [3.05, 3.63) is 0 Å². The Morgan fingerprint density at radius 1 is 1.50 bits per heavy atom. The van der Waals surface area contributed by atoms with E-state index in [2.05, 4.69) is 17.7 Å². The van der Waals surface area contributed by atoms with E-state index in [1.54, 1.807) is 0 Å². The molecule has 0 radical (unpaired) electrons. The molecule has 0 aliphatic carbocycles. The Kier molecular flexibility index (Phi) is 4.94. The van der Waals surface area contributed by atoms with Crippen LogP contribution in [-0.2, 0) is 4.79 Å². The van der Waals surface area contributed by atoms with Crippen molar-refractivity contribution in [2.75, 3.05) is 20.1 Å². The Hall–Kier alpha value is -0.570. The van der Waals surface area contributed by atoms with E-state index in [0.29, 0.717) is 0 Å². The van der Waals surface area contributed by atoms with Gasteiger partial charge in [-0.3, -0.25) is 4.79 Å². The molecule has 1 saturated heterocycles. The monoisotopic (exact) mass is 146 g/mol. The smallest absolute Gasteiger partial charge is 0.214 e. The Bertz CT molecular complexity index is 98.6. The topological polar surface area (TPSA) is 46.3 Å². The molecule has 0 saturated carbocycles. The molecule has 1 amide bonds. The number of carbonyl (C=O) groups is 1. The third-order valence-corrected chi connectivity index (χ3v) is 1.33. The molecule has 0 spiro atoms. The van der Waals surface area contributed by atoms with E-state index in [4.69, 9.17) is 0 Å². The predicted molar refractivity (Wildman–Crippen MR) is 43.7 cm³/mol. The number of carbonyl (C=O) groups excluding carboxylic acids is 1. The zero-order valence-electron chi connectivity index (χ0n) is 6.76. The van der Waals surface area contributed by atoms with Crippen molar-refractivity contribution < 1.29 is 6.22 Å². The number of hydrogen-bond donors (Lipinski definition) is 1. The van der Waals surface area contributed by atoms with Gasteiger partial charge >= 0.3 is 0 Å². The molecule has 1 aliphatic rings. The van der Waals surface area contributed by atoms with Gasteiger partial charge in [-0.2, -0.15) is 0 Å². The van der Waals surface area contributed by atoms with Crippen molar-refractivity contribution in [1.82, 2.24) is 4.90 Å². The minimum Gasteiger partial charge on any atom is -0.370 e. The minimum atomic E-state index is -0.333. The van der Waals surface area contributed by atoms with Crippen LogP contribution in [0.1, 0.15) is 21.2 Å². The Morgan fingerprint density at radius 3 is 1.90 bits per heavy atom. The van der Waals surface area contributed by atoms with Crippen molar-refractivity contribution in [3.63, 3.8) is 0 Å². The van der Waals surface area contributed by atoms with Crippen molar-refractivity contribution in [3.8, 4) is 0 Å². The second kappa shape index (κ2) is 5.23. The molecule has 3 nitrogen and oxygen atoms in total. The molecule has 62 valence electrons. The van der Waals surface area contributed by atoms with Crippen LogP contribution in [0.4, 0.5) is 0 Å². The highest BCUT2D eigenvalue weighted by Crippen LogP contribution is 2.01. The summed E-state index contributed by atoms with van der Waals surface area (Å²) in [5.41, 5.74) is 4.47. The zero-order chi connectivity index (χ0) is 7.98. The largest absolute Gasteiger partial charge is 0.370 e. The maximum Gasteiger partial charge on any atom is 0.214 e. The Morgan fingerprint density at radius 2 is 1.80 bits per heavy atom. The summed E-state index contributed by atoms with van der Waals surface area (Å²) in [6.45, 7) is 3.94. The van der Waals surface area contributed by atoms with E-state index in [1.807, 2.05) is 0 Å². The maximum atomic E-state index is 9.22. The van der Waals surface area contributed by atoms with Gasteiger partial charge in [0.1, 0.15) is 0 Å². The first-order chi connectivity index (χ1) is 4.63. The summed E-state index contributed by atoms with van der Waals surface area (Å²) in [7, 11) is 2.17. The van der Waals surface area contributed by atoms with Crippen LogP contribution in [0.3, 0.4) is 0 Å². The molecule has 10 heavy (non-hydrogen) atoms. The molecule has 1 fully saturated rings. The van der Waals surface area contributed by atoms with Crippen molar-refractivity contribution in [2.45, 2.75) is 19.8 Å². The lowest BCUT2D eigenvalue weighted by atomic mass is 10.4. The maximum absolute atomic E-state index is 9.22. The highest BCUT2D eigenvalue weighted by molar-refractivity contribution is 5.70. The van der Waals surface area contributed by atoms with Gasteiger partial charge < -0.3 is 10.6 Å². The van der Waals surface area contributed by atoms with Crippen LogP contribution in [-0.4, -0.2) is 30.9 Å². The van der Waals surface area contributed by atoms with Gasteiger partial charge in [0, 0.05) is 8.35 Å². The van der Waals surface area contributed by atoms with E-state index in [1.165, 1.54) is 32.9 Å². The van der Waals surface area contributed by atoms with Gasteiger partial charge in [0.2, 0.25) is 5.91 Å². The normalized spacial score (nSPS) is 17.8. The fraction of sp³-hybridized carbons (Fsp3) is 0.857. The van der Waals surface area contributed by atoms with Gasteiger partial charge in [0.15, 0.2) is 0 Å². The second-order valence-electron chi connectivity index (χ2n) is 2.62. The molecule has 0 aromatic heterocycles. The number of likely N-dealkylation sites (tertiary alicyclic amines) is 1. The van der Waals surface area contributed by atoms with Gasteiger partial charge in [0.25, 0.3) is 0 Å². The number of nitrogens with two attached hydrogens (primary N) is 1. The number of nitrogens with zero attached hydrogens (tertiary/aromatic N) is 1. The molecule has 0 aromatic rings. The molecule has 2 N–H and O–H groups in total. The number of amides is 1. The van der Waals surface area contributed by atoms with Crippen LogP contribution in [0.15, 0.2) is 0 Å². The van der Waals surface area contributed by atoms with E-state index < -0.39 is 0 Å². The Labute approximate surface area is 63.7 Å². The second-order valence-corrected chi connectivity index (χ2v) is 2.62. The molecule has 1 aliphatic heterocycles. The van der Waals surface area contributed by atoms with Gasteiger partial charge in [0.05, 0.1) is 0 Å². The lowest BCUT2D eigenvalue weighted by Gasteiger charge is -2.01. The van der Waals surface area contributed by atoms with E-state index in [0.717, 1.165) is 0 Å². The van der Waals surface area contributed by atoms with Crippen molar-refractivity contribution in [1.29, 1.82) is 0 Å². The predicted octanol–water partition coefficient (Wildman–Crippen LogP) is 0.450. The molecule has 0 aromatic carbocycles. The summed E-state index contributed by atoms with van der Waals surface area (Å²) >= 11 is 0. The quantitative estimate of drug-likeness (QED) is 0.539. The summed E-state index contributed by atoms with van der Waals surface area (Å²) in [6, 6.07) is 0. The van der Waals surface area contributed by atoms with Crippen molar-refractivity contribution >= 4 is 5.91 Å². The molecule has 0 unspecified atom stereocenters. The average molecular weight is 146 g/mol. The zero-order valence-corrected chi connectivity index (χ0v) is 6.76. The summed E-state index contributed by atoms with van der Waals surface area (Å²) in [6.07, 6.45) is 2.83. The lowest BCUT2D eigenvalue weighted by molar-refractivity contribution is -0.115. The van der Waals surface area contributed by atoms with Crippen LogP contribution < -0.4 is 5.73 Å². The highest BCUT2D eigenvalue weighted by atomic mass is 16.1. The lowest BCUT2D eigenvalue weighted by Crippen LogP contribution is -2.10. The fourth-order valence-electron chi connectivity index (χ4n) is 0.875. The molecule has 0 bridgehead atoms. The molecule has 3 heteroatoms. The van der Waals surface area contributed by atoms with Crippen molar-refractivity contribution in [2.24, 2.45) is 5.73 Å². The van der Waals surface area contributed by atoms with E-state index in [9.17, 15) is 4.79 Å². The van der Waals surface area contributed by atoms with Gasteiger partial charge in [-0.25, -0.2) is 0 Å². The van der Waals surface area contributed by atoms with Crippen LogP contribution in [0.25, 0.3) is 0 Å².